The van der Waals surface area contributed by atoms with Gasteiger partial charge in [0.25, 0.3) is 0 Å². The molecular formula is C36H36F7N5O5. The molecule has 0 spiro atoms. The zero-order valence-corrected chi connectivity index (χ0v) is 28.6. The first kappa shape index (κ1) is 38.3. The fourth-order valence-electron chi connectivity index (χ4n) is 7.54. The molecule has 2 aliphatic heterocycles. The lowest BCUT2D eigenvalue weighted by atomic mass is 9.77. The SMILES string of the molecule is COCCOCn1nnnc1[C@]1(F)C[C@@]2(c3ccccc3)[C@H](O[C@@H](C(=O)OC)c3cc(C(F)(F)F)cc(C(F)(F)F)c3)CC[C@@H]1N2Cc1ccccc1. The van der Waals surface area contributed by atoms with Crippen molar-refractivity contribution < 1.29 is 54.5 Å². The predicted molar refractivity (Wildman–Crippen MR) is 172 cm³/mol. The van der Waals surface area contributed by atoms with Crippen molar-refractivity contribution in [1.29, 1.82) is 0 Å². The van der Waals surface area contributed by atoms with Gasteiger partial charge in [0.05, 0.1) is 49.1 Å². The summed E-state index contributed by atoms with van der Waals surface area (Å²) in [4.78, 5) is 15.3. The molecule has 0 amide bonds. The number of fused-ring (bicyclic) bond motifs is 2. The number of halogens is 7. The van der Waals surface area contributed by atoms with Crippen LogP contribution in [0.4, 0.5) is 30.7 Å². The fraction of sp³-hybridized carbons (Fsp3) is 0.444. The number of ether oxygens (including phenoxy) is 4. The highest BCUT2D eigenvalue weighted by Gasteiger charge is 2.69. The Morgan fingerprint density at radius 1 is 0.906 bits per heavy atom. The van der Waals surface area contributed by atoms with Crippen LogP contribution < -0.4 is 0 Å². The number of aromatic nitrogens is 4. The van der Waals surface area contributed by atoms with E-state index >= 15 is 4.39 Å². The number of esters is 1. The second-order valence-corrected chi connectivity index (χ2v) is 12.9. The van der Waals surface area contributed by atoms with Crippen LogP contribution in [0.2, 0.25) is 0 Å². The monoisotopic (exact) mass is 751 g/mol. The summed E-state index contributed by atoms with van der Waals surface area (Å²) in [5, 5.41) is 11.8. The highest BCUT2D eigenvalue weighted by Crippen LogP contribution is 2.61. The van der Waals surface area contributed by atoms with Gasteiger partial charge in [0.1, 0.15) is 6.73 Å². The Bertz CT molecular complexity index is 1830. The second-order valence-electron chi connectivity index (χ2n) is 12.9. The Morgan fingerprint density at radius 2 is 1.55 bits per heavy atom. The molecule has 10 nitrogen and oxygen atoms in total. The van der Waals surface area contributed by atoms with E-state index in [1.807, 2.05) is 35.2 Å². The highest BCUT2D eigenvalue weighted by atomic mass is 19.4. The number of piperidine rings is 1. The molecule has 0 radical (unpaired) electrons. The largest absolute Gasteiger partial charge is 0.467 e. The summed E-state index contributed by atoms with van der Waals surface area (Å²) >= 11 is 0. The molecule has 0 saturated carbocycles. The van der Waals surface area contributed by atoms with Crippen molar-refractivity contribution in [3.05, 3.63) is 113 Å². The van der Waals surface area contributed by atoms with Crippen LogP contribution in [0.5, 0.6) is 0 Å². The minimum absolute atomic E-state index is 0.0340. The molecule has 1 aromatic heterocycles. The Labute approximate surface area is 299 Å². The van der Waals surface area contributed by atoms with E-state index in [2.05, 4.69) is 15.5 Å². The lowest BCUT2D eigenvalue weighted by Crippen LogP contribution is -2.57. The number of carbonyl (C=O) groups is 1. The highest BCUT2D eigenvalue weighted by molar-refractivity contribution is 5.76. The predicted octanol–water partition coefficient (Wildman–Crippen LogP) is 6.76. The molecule has 0 unspecified atom stereocenters. The van der Waals surface area contributed by atoms with Gasteiger partial charge in [-0.2, -0.15) is 26.3 Å². The topological polar surface area (TPSA) is 101 Å². The number of tetrazole rings is 1. The van der Waals surface area contributed by atoms with E-state index in [1.54, 1.807) is 30.3 Å². The summed E-state index contributed by atoms with van der Waals surface area (Å²) in [5.41, 5.74) is -6.43. The molecule has 2 aliphatic rings. The van der Waals surface area contributed by atoms with Gasteiger partial charge < -0.3 is 18.9 Å². The van der Waals surface area contributed by atoms with E-state index in [0.29, 0.717) is 17.7 Å². The van der Waals surface area contributed by atoms with Gasteiger partial charge in [-0.25, -0.2) is 13.9 Å². The summed E-state index contributed by atoms with van der Waals surface area (Å²) in [6, 6.07) is 17.7. The molecule has 2 bridgehead atoms. The zero-order valence-electron chi connectivity index (χ0n) is 28.6. The number of rotatable bonds is 13. The number of methoxy groups -OCH3 is 2. The van der Waals surface area contributed by atoms with Crippen molar-refractivity contribution in [2.24, 2.45) is 0 Å². The van der Waals surface area contributed by atoms with Gasteiger partial charge in [0.2, 0.25) is 0 Å². The van der Waals surface area contributed by atoms with Crippen LogP contribution in [0.3, 0.4) is 0 Å². The third kappa shape index (κ3) is 7.52. The van der Waals surface area contributed by atoms with Gasteiger partial charge in [-0.05, 0) is 58.2 Å². The van der Waals surface area contributed by atoms with Gasteiger partial charge in [-0.3, -0.25) is 4.90 Å². The van der Waals surface area contributed by atoms with Crippen LogP contribution in [0, 0.1) is 0 Å². The number of hydrogen-bond acceptors (Lipinski definition) is 9. The van der Waals surface area contributed by atoms with E-state index in [0.717, 1.165) is 12.7 Å². The number of alkyl halides is 7. The van der Waals surface area contributed by atoms with Crippen LogP contribution in [0.15, 0.2) is 78.9 Å². The number of hydrogen-bond donors (Lipinski definition) is 0. The third-order valence-electron chi connectivity index (χ3n) is 9.83. The Hall–Kier alpha value is -4.45. The van der Waals surface area contributed by atoms with E-state index < -0.39 is 64.5 Å². The molecule has 5 atom stereocenters. The molecule has 17 heteroatoms. The van der Waals surface area contributed by atoms with Crippen LogP contribution in [0.1, 0.15) is 59.0 Å². The summed E-state index contributed by atoms with van der Waals surface area (Å²) in [6.07, 6.45) is -13.9. The van der Waals surface area contributed by atoms with E-state index in [-0.39, 0.29) is 57.6 Å². The van der Waals surface area contributed by atoms with Gasteiger partial charge in [0.15, 0.2) is 17.6 Å². The van der Waals surface area contributed by atoms with Crippen LogP contribution >= 0.6 is 0 Å². The van der Waals surface area contributed by atoms with Gasteiger partial charge in [-0.1, -0.05) is 60.7 Å². The van der Waals surface area contributed by atoms with Crippen LogP contribution in [0.25, 0.3) is 0 Å². The summed E-state index contributed by atoms with van der Waals surface area (Å²) in [7, 11) is 2.44. The van der Waals surface area contributed by atoms with Crippen molar-refractivity contribution in [2.45, 2.75) is 74.3 Å². The molecule has 6 rings (SSSR count). The van der Waals surface area contributed by atoms with Crippen molar-refractivity contribution in [2.75, 3.05) is 27.4 Å². The standard InChI is InChI=1S/C36H36F7N5O5/c1-50-15-16-52-22-48-32(44-45-46-48)33(37)21-34(25-11-7-4-8-12-25)29(14-13-28(33)47(34)20-23-9-5-3-6-10-23)53-30(31(49)51-2)24-17-26(35(38,39)40)19-27(18-24)36(41,42)43/h3-12,17-19,28-30H,13-16,20-22H2,1-2H3/t28-,29+,30+,33-,34+/m0/s1. The normalized spacial score (nSPS) is 23.9. The second kappa shape index (κ2) is 15.1. The molecule has 284 valence electrons. The minimum atomic E-state index is -5.19. The first-order chi connectivity index (χ1) is 25.2. The first-order valence-electron chi connectivity index (χ1n) is 16.6. The summed E-state index contributed by atoms with van der Waals surface area (Å²) in [5.74, 6) is -1.38. The van der Waals surface area contributed by atoms with Gasteiger partial charge in [0, 0.05) is 20.1 Å². The lowest BCUT2D eigenvalue weighted by Gasteiger charge is -2.50. The molecule has 3 heterocycles. The van der Waals surface area contributed by atoms with Crippen LogP contribution in [-0.4, -0.2) is 70.7 Å². The Kier molecular flexibility index (Phi) is 10.9. The van der Waals surface area contributed by atoms with Crippen molar-refractivity contribution >= 4 is 5.97 Å². The molecule has 0 aliphatic carbocycles. The Morgan fingerprint density at radius 3 is 2.15 bits per heavy atom. The third-order valence-corrected chi connectivity index (χ3v) is 9.83. The maximum atomic E-state index is 18.3. The number of carbonyl (C=O) groups excluding carboxylic acids is 1. The summed E-state index contributed by atoms with van der Waals surface area (Å²) < 4.78 is 125. The smallest absolute Gasteiger partial charge is 0.416 e. The van der Waals surface area contributed by atoms with Crippen molar-refractivity contribution in [3.63, 3.8) is 0 Å². The molecular weight excluding hydrogens is 715 g/mol. The first-order valence-corrected chi connectivity index (χ1v) is 16.6. The van der Waals surface area contributed by atoms with Gasteiger partial charge in [-0.15, -0.1) is 5.10 Å². The molecule has 2 saturated heterocycles. The molecule has 0 N–H and O–H groups in total. The maximum Gasteiger partial charge on any atom is 0.416 e. The van der Waals surface area contributed by atoms with Crippen LogP contribution in [-0.2, 0) is 60.6 Å². The average molecular weight is 752 g/mol. The van der Waals surface area contributed by atoms with Gasteiger partial charge >= 0.3 is 18.3 Å². The number of benzene rings is 3. The molecule has 53 heavy (non-hydrogen) atoms. The van der Waals surface area contributed by atoms with E-state index in [9.17, 15) is 31.1 Å². The van der Waals surface area contributed by atoms with Crippen molar-refractivity contribution in [3.8, 4) is 0 Å². The average Bonchev–Trinajstić information content (AvgIpc) is 3.68. The molecule has 4 aromatic rings. The quantitative estimate of drug-likeness (QED) is 0.0834. The minimum Gasteiger partial charge on any atom is -0.467 e. The number of nitrogens with zero attached hydrogens (tertiary/aromatic N) is 5. The molecule has 2 fully saturated rings. The summed E-state index contributed by atoms with van der Waals surface area (Å²) in [6.45, 7) is 0.369. The maximum absolute atomic E-state index is 18.3. The zero-order chi connectivity index (χ0) is 38.0. The lowest BCUT2D eigenvalue weighted by molar-refractivity contribution is -0.174. The Balaban J connectivity index is 1.51. The van der Waals surface area contributed by atoms with E-state index in [1.165, 1.54) is 11.8 Å². The van der Waals surface area contributed by atoms with Crippen molar-refractivity contribution in [1.82, 2.24) is 25.1 Å². The fourth-order valence-corrected chi connectivity index (χ4v) is 7.54. The molecule has 3 aromatic carbocycles. The van der Waals surface area contributed by atoms with E-state index in [4.69, 9.17) is 18.9 Å².